The number of rotatable bonds is 8. The van der Waals surface area contributed by atoms with Crippen molar-refractivity contribution >= 4 is 27.4 Å². The maximum absolute atomic E-state index is 13.1. The number of nitrogens with zero attached hydrogens (tertiary/aromatic N) is 1. The minimum absolute atomic E-state index is 0.0543. The molecule has 3 aromatic rings. The first-order chi connectivity index (χ1) is 14.3. The zero-order valence-corrected chi connectivity index (χ0v) is 18.3. The van der Waals surface area contributed by atoms with Gasteiger partial charge in [-0.1, -0.05) is 31.2 Å². The minimum Gasteiger partial charge on any atom is -0.379 e. The SMILES string of the molecule is CC[C@H](C)N(Cc1ccccc1OS(=O)(=O)c1ccc(F)cc1)C(=O)c1cccs1. The van der Waals surface area contributed by atoms with Crippen LogP contribution < -0.4 is 4.18 Å². The Morgan fingerprint density at radius 1 is 1.10 bits per heavy atom. The summed E-state index contributed by atoms with van der Waals surface area (Å²) >= 11 is 1.36. The molecular weight excluding hydrogens is 425 g/mol. The van der Waals surface area contributed by atoms with Gasteiger partial charge in [-0.15, -0.1) is 11.3 Å². The molecule has 0 spiro atoms. The van der Waals surface area contributed by atoms with Crippen molar-refractivity contribution in [2.45, 2.75) is 37.8 Å². The Bertz CT molecular complexity index is 1100. The van der Waals surface area contributed by atoms with Crippen LogP contribution in [0.3, 0.4) is 0 Å². The average Bonchev–Trinajstić information content (AvgIpc) is 3.27. The lowest BCUT2D eigenvalue weighted by molar-refractivity contribution is 0.0676. The molecule has 0 radical (unpaired) electrons. The fourth-order valence-electron chi connectivity index (χ4n) is 2.86. The van der Waals surface area contributed by atoms with E-state index >= 15 is 0 Å². The summed E-state index contributed by atoms with van der Waals surface area (Å²) in [5.74, 6) is -0.518. The minimum atomic E-state index is -4.15. The van der Waals surface area contributed by atoms with Crippen LogP contribution in [-0.2, 0) is 16.7 Å². The van der Waals surface area contributed by atoms with E-state index in [-0.39, 0.29) is 29.1 Å². The van der Waals surface area contributed by atoms with Crippen LogP contribution in [0.1, 0.15) is 35.5 Å². The predicted molar refractivity (Wildman–Crippen MR) is 115 cm³/mol. The highest BCUT2D eigenvalue weighted by molar-refractivity contribution is 7.87. The Morgan fingerprint density at radius 3 is 2.43 bits per heavy atom. The second kappa shape index (κ2) is 9.40. The summed E-state index contributed by atoms with van der Waals surface area (Å²) < 4.78 is 43.8. The van der Waals surface area contributed by atoms with Crippen LogP contribution in [0.2, 0.25) is 0 Å². The monoisotopic (exact) mass is 447 g/mol. The lowest BCUT2D eigenvalue weighted by atomic mass is 10.1. The number of hydrogen-bond donors (Lipinski definition) is 0. The van der Waals surface area contributed by atoms with Crippen molar-refractivity contribution in [2.75, 3.05) is 0 Å². The maximum Gasteiger partial charge on any atom is 0.339 e. The summed E-state index contributed by atoms with van der Waals surface area (Å²) in [6.45, 7) is 4.13. The van der Waals surface area contributed by atoms with Crippen molar-refractivity contribution in [1.29, 1.82) is 0 Å². The van der Waals surface area contributed by atoms with Gasteiger partial charge in [0.05, 0.1) is 4.88 Å². The maximum atomic E-state index is 13.1. The summed E-state index contributed by atoms with van der Waals surface area (Å²) in [7, 11) is -4.15. The van der Waals surface area contributed by atoms with Gasteiger partial charge in [0.25, 0.3) is 5.91 Å². The van der Waals surface area contributed by atoms with Gasteiger partial charge in [-0.3, -0.25) is 4.79 Å². The Balaban J connectivity index is 1.89. The van der Waals surface area contributed by atoms with Crippen LogP contribution in [0, 0.1) is 5.82 Å². The molecule has 3 rings (SSSR count). The topological polar surface area (TPSA) is 63.7 Å². The number of hydrogen-bond acceptors (Lipinski definition) is 5. The molecule has 0 saturated heterocycles. The molecule has 0 aliphatic rings. The van der Waals surface area contributed by atoms with E-state index in [9.17, 15) is 17.6 Å². The number of carbonyl (C=O) groups excluding carboxylic acids is 1. The molecule has 5 nitrogen and oxygen atoms in total. The van der Waals surface area contributed by atoms with Crippen molar-refractivity contribution in [3.8, 4) is 5.75 Å². The third-order valence-corrected chi connectivity index (χ3v) is 6.84. The molecule has 0 aliphatic heterocycles. The second-order valence-electron chi connectivity index (χ2n) is 6.77. The van der Waals surface area contributed by atoms with Gasteiger partial charge in [0.1, 0.15) is 16.5 Å². The second-order valence-corrected chi connectivity index (χ2v) is 9.26. The van der Waals surface area contributed by atoms with E-state index in [2.05, 4.69) is 0 Å². The molecule has 0 unspecified atom stereocenters. The normalized spacial score (nSPS) is 12.4. The van der Waals surface area contributed by atoms with Crippen molar-refractivity contribution in [3.63, 3.8) is 0 Å². The van der Waals surface area contributed by atoms with Gasteiger partial charge in [-0.2, -0.15) is 8.42 Å². The molecule has 0 bridgehead atoms. The number of thiophene rings is 1. The summed E-state index contributed by atoms with van der Waals surface area (Å²) in [6, 6.07) is 14.7. The molecule has 2 aromatic carbocycles. The fourth-order valence-corrected chi connectivity index (χ4v) is 4.50. The number of benzene rings is 2. The smallest absolute Gasteiger partial charge is 0.339 e. The van der Waals surface area contributed by atoms with Crippen LogP contribution in [0.4, 0.5) is 4.39 Å². The molecular formula is C22H22FNO4S2. The van der Waals surface area contributed by atoms with Gasteiger partial charge in [0.2, 0.25) is 0 Å². The summed E-state index contributed by atoms with van der Waals surface area (Å²) in [6.07, 6.45) is 0.744. The average molecular weight is 448 g/mol. The zero-order chi connectivity index (χ0) is 21.7. The van der Waals surface area contributed by atoms with E-state index in [1.165, 1.54) is 11.3 Å². The highest BCUT2D eigenvalue weighted by Gasteiger charge is 2.24. The van der Waals surface area contributed by atoms with Crippen molar-refractivity contribution in [3.05, 3.63) is 82.3 Å². The first-order valence-corrected chi connectivity index (χ1v) is 11.7. The largest absolute Gasteiger partial charge is 0.379 e. The van der Waals surface area contributed by atoms with Crippen LogP contribution in [0.5, 0.6) is 5.75 Å². The molecule has 0 fully saturated rings. The molecule has 1 heterocycles. The van der Waals surface area contributed by atoms with Crippen LogP contribution >= 0.6 is 11.3 Å². The molecule has 1 amide bonds. The highest BCUT2D eigenvalue weighted by Crippen LogP contribution is 2.27. The molecule has 0 aliphatic carbocycles. The van der Waals surface area contributed by atoms with E-state index in [1.807, 2.05) is 25.3 Å². The van der Waals surface area contributed by atoms with E-state index in [0.29, 0.717) is 10.4 Å². The van der Waals surface area contributed by atoms with Crippen LogP contribution in [-0.4, -0.2) is 25.3 Å². The van der Waals surface area contributed by atoms with Crippen molar-refractivity contribution < 1.29 is 21.8 Å². The van der Waals surface area contributed by atoms with Crippen LogP contribution in [0.25, 0.3) is 0 Å². The van der Waals surface area contributed by atoms with Gasteiger partial charge in [-0.25, -0.2) is 4.39 Å². The first-order valence-electron chi connectivity index (χ1n) is 9.44. The van der Waals surface area contributed by atoms with Crippen molar-refractivity contribution in [2.24, 2.45) is 0 Å². The van der Waals surface area contributed by atoms with Gasteiger partial charge >= 0.3 is 10.1 Å². The molecule has 1 aromatic heterocycles. The van der Waals surface area contributed by atoms with Crippen molar-refractivity contribution in [1.82, 2.24) is 4.90 Å². The van der Waals surface area contributed by atoms with Crippen LogP contribution in [0.15, 0.2) is 70.9 Å². The molecule has 0 N–H and O–H groups in total. The summed E-state index contributed by atoms with van der Waals surface area (Å²) in [5.41, 5.74) is 0.563. The molecule has 8 heteroatoms. The fraction of sp³-hybridized carbons (Fsp3) is 0.227. The van der Waals surface area contributed by atoms with Gasteiger partial charge in [0.15, 0.2) is 0 Å². The van der Waals surface area contributed by atoms with E-state index in [4.69, 9.17) is 4.18 Å². The number of para-hydroxylation sites is 1. The quantitative estimate of drug-likeness (QED) is 0.451. The lowest BCUT2D eigenvalue weighted by Gasteiger charge is -2.29. The highest BCUT2D eigenvalue weighted by atomic mass is 32.2. The third-order valence-electron chi connectivity index (χ3n) is 4.73. The molecule has 0 saturated carbocycles. The summed E-state index contributed by atoms with van der Waals surface area (Å²) in [4.78, 5) is 15.2. The lowest BCUT2D eigenvalue weighted by Crippen LogP contribution is -2.37. The Kier molecular flexibility index (Phi) is 6.89. The zero-order valence-electron chi connectivity index (χ0n) is 16.6. The third kappa shape index (κ3) is 5.06. The molecule has 158 valence electrons. The first kappa shape index (κ1) is 22.0. The number of halogens is 1. The van der Waals surface area contributed by atoms with E-state index < -0.39 is 15.9 Å². The van der Waals surface area contributed by atoms with Gasteiger partial charge in [0, 0.05) is 18.2 Å². The van der Waals surface area contributed by atoms with E-state index in [1.54, 1.807) is 35.2 Å². The standard InChI is InChI=1S/C22H22FNO4S2/c1-3-16(2)24(22(25)21-9-6-14-29-21)15-17-7-4-5-8-20(17)28-30(26,27)19-12-10-18(23)11-13-19/h4-14,16H,3,15H2,1-2H3/t16-/m0/s1. The Morgan fingerprint density at radius 2 is 1.80 bits per heavy atom. The molecule has 30 heavy (non-hydrogen) atoms. The van der Waals surface area contributed by atoms with Gasteiger partial charge < -0.3 is 9.08 Å². The van der Waals surface area contributed by atoms with E-state index in [0.717, 1.165) is 30.7 Å². The Hall–Kier alpha value is -2.71. The Labute approximate surface area is 179 Å². The predicted octanol–water partition coefficient (Wildman–Crippen LogP) is 5.10. The summed E-state index contributed by atoms with van der Waals surface area (Å²) in [5, 5.41) is 1.84. The number of amides is 1. The molecule has 1 atom stereocenters. The van der Waals surface area contributed by atoms with Gasteiger partial charge in [-0.05, 0) is 55.1 Å². The number of carbonyl (C=O) groups is 1.